The minimum absolute atomic E-state index is 0.0272. The molecular weight excluding hydrogens is 510 g/mol. The zero-order valence-electron chi connectivity index (χ0n) is 21.8. The molecule has 0 saturated heterocycles. The molecule has 1 aromatic rings. The zero-order chi connectivity index (χ0) is 27.1. The van der Waals surface area contributed by atoms with Crippen LogP contribution in [-0.4, -0.2) is 96.0 Å². The second kappa shape index (κ2) is 13.5. The van der Waals surface area contributed by atoms with Crippen LogP contribution in [0.3, 0.4) is 0 Å². The molecule has 4 rings (SSSR count). The Hall–Kier alpha value is -2.56. The molecule has 1 aliphatic carbocycles. The maximum Gasteiger partial charge on any atom is 0.410 e. The molecule has 38 heavy (non-hydrogen) atoms. The number of aliphatic hydroxyl groups is 3. The molecule has 0 saturated carbocycles. The van der Waals surface area contributed by atoms with E-state index in [9.17, 15) is 9.90 Å². The average molecular weight is 548 g/mol. The maximum atomic E-state index is 12.9. The minimum atomic E-state index is -0.633. The predicted molar refractivity (Wildman–Crippen MR) is 145 cm³/mol. The van der Waals surface area contributed by atoms with Crippen molar-refractivity contribution in [2.75, 3.05) is 52.6 Å². The Morgan fingerprint density at radius 2 is 1.97 bits per heavy atom. The monoisotopic (exact) mass is 547 g/mol. The largest absolute Gasteiger partial charge is 0.493 e. The predicted octanol–water partition coefficient (Wildman–Crippen LogP) is 2.54. The molecule has 2 heterocycles. The van der Waals surface area contributed by atoms with E-state index >= 15 is 0 Å². The SMILES string of the molecule is CCOC(=O)N1CCC2=C(NC3C=CC(Cl)=CC23)[C@@H]1c1ccc(OCCC(O)CN(CCO)CCO)cc1. The molecule has 208 valence electrons. The van der Waals surface area contributed by atoms with Gasteiger partial charge < -0.3 is 30.1 Å². The van der Waals surface area contributed by atoms with Crippen LogP contribution in [0.4, 0.5) is 4.79 Å². The Balaban J connectivity index is 1.44. The van der Waals surface area contributed by atoms with Crippen LogP contribution >= 0.6 is 11.6 Å². The molecule has 1 amide bonds. The van der Waals surface area contributed by atoms with Gasteiger partial charge in [0.1, 0.15) is 11.8 Å². The summed E-state index contributed by atoms with van der Waals surface area (Å²) >= 11 is 6.31. The molecule has 0 radical (unpaired) electrons. The molecule has 0 fully saturated rings. The summed E-state index contributed by atoms with van der Waals surface area (Å²) in [5, 5.41) is 32.9. The summed E-state index contributed by atoms with van der Waals surface area (Å²) in [4.78, 5) is 16.5. The van der Waals surface area contributed by atoms with Crippen molar-refractivity contribution in [3.63, 3.8) is 0 Å². The molecule has 3 unspecified atom stereocenters. The smallest absolute Gasteiger partial charge is 0.410 e. The highest BCUT2D eigenvalue weighted by Gasteiger charge is 2.43. The highest BCUT2D eigenvalue weighted by molar-refractivity contribution is 6.31. The number of nitrogens with zero attached hydrogens (tertiary/aromatic N) is 2. The van der Waals surface area contributed by atoms with Gasteiger partial charge in [-0.1, -0.05) is 35.9 Å². The van der Waals surface area contributed by atoms with Gasteiger partial charge in [-0.2, -0.15) is 0 Å². The van der Waals surface area contributed by atoms with Gasteiger partial charge in [-0.3, -0.25) is 9.80 Å². The molecule has 10 heteroatoms. The van der Waals surface area contributed by atoms with E-state index in [0.29, 0.717) is 51.6 Å². The molecule has 0 spiro atoms. The third-order valence-corrected chi connectivity index (χ3v) is 7.44. The van der Waals surface area contributed by atoms with E-state index in [2.05, 4.69) is 17.5 Å². The van der Waals surface area contributed by atoms with Crippen molar-refractivity contribution in [3.05, 3.63) is 64.4 Å². The Morgan fingerprint density at radius 3 is 2.66 bits per heavy atom. The van der Waals surface area contributed by atoms with Crippen molar-refractivity contribution < 1.29 is 29.6 Å². The topological polar surface area (TPSA) is 115 Å². The lowest BCUT2D eigenvalue weighted by Gasteiger charge is -2.37. The van der Waals surface area contributed by atoms with Crippen molar-refractivity contribution in [1.82, 2.24) is 15.1 Å². The van der Waals surface area contributed by atoms with Gasteiger partial charge in [0.05, 0.1) is 38.6 Å². The fourth-order valence-electron chi connectivity index (χ4n) is 5.41. The summed E-state index contributed by atoms with van der Waals surface area (Å²) in [5.74, 6) is 0.843. The summed E-state index contributed by atoms with van der Waals surface area (Å²) < 4.78 is 11.3. The maximum absolute atomic E-state index is 12.9. The van der Waals surface area contributed by atoms with Crippen LogP contribution in [-0.2, 0) is 4.74 Å². The molecule has 2 aliphatic heterocycles. The summed E-state index contributed by atoms with van der Waals surface area (Å²) in [5.41, 5.74) is 3.25. The number of allylic oxidation sites excluding steroid dienone is 2. The van der Waals surface area contributed by atoms with Crippen molar-refractivity contribution in [2.24, 2.45) is 5.92 Å². The van der Waals surface area contributed by atoms with Gasteiger partial charge in [0, 0.05) is 49.2 Å². The average Bonchev–Trinajstić information content (AvgIpc) is 3.27. The number of hydrogen-bond donors (Lipinski definition) is 4. The number of carbonyl (C=O) groups excluding carboxylic acids is 1. The van der Waals surface area contributed by atoms with Gasteiger partial charge in [-0.15, -0.1) is 0 Å². The van der Waals surface area contributed by atoms with E-state index in [4.69, 9.17) is 31.3 Å². The highest BCUT2D eigenvalue weighted by Crippen LogP contribution is 2.44. The van der Waals surface area contributed by atoms with E-state index in [0.717, 1.165) is 22.7 Å². The number of nitrogens with one attached hydrogen (secondary N) is 1. The van der Waals surface area contributed by atoms with E-state index < -0.39 is 6.10 Å². The normalized spacial score (nSPS) is 23.1. The first-order valence-electron chi connectivity index (χ1n) is 13.3. The van der Waals surface area contributed by atoms with Gasteiger partial charge in [0.15, 0.2) is 0 Å². The minimum Gasteiger partial charge on any atom is -0.493 e. The molecule has 4 N–H and O–H groups in total. The van der Waals surface area contributed by atoms with Crippen LogP contribution in [0.25, 0.3) is 0 Å². The van der Waals surface area contributed by atoms with Crippen molar-refractivity contribution >= 4 is 17.7 Å². The number of benzene rings is 1. The number of carbonyl (C=O) groups is 1. The molecule has 4 atom stereocenters. The summed E-state index contributed by atoms with van der Waals surface area (Å²) in [7, 11) is 0. The van der Waals surface area contributed by atoms with Crippen LogP contribution < -0.4 is 10.1 Å². The summed E-state index contributed by atoms with van der Waals surface area (Å²) in [6.45, 7) is 4.10. The number of amides is 1. The van der Waals surface area contributed by atoms with Crippen LogP contribution in [0.1, 0.15) is 31.4 Å². The van der Waals surface area contributed by atoms with E-state index in [1.807, 2.05) is 35.2 Å². The number of hydrogen-bond acceptors (Lipinski definition) is 8. The Bertz CT molecular complexity index is 1040. The fraction of sp³-hybridized carbons (Fsp3) is 0.536. The Kier molecular flexibility index (Phi) is 10.1. The first kappa shape index (κ1) is 28.4. The van der Waals surface area contributed by atoms with Crippen molar-refractivity contribution in [3.8, 4) is 5.75 Å². The van der Waals surface area contributed by atoms with Gasteiger partial charge in [-0.05, 0) is 42.7 Å². The molecular formula is C28H38ClN3O6. The van der Waals surface area contributed by atoms with Crippen LogP contribution in [0.5, 0.6) is 5.75 Å². The molecule has 0 bridgehead atoms. The second-order valence-electron chi connectivity index (χ2n) is 9.70. The zero-order valence-corrected chi connectivity index (χ0v) is 22.5. The number of halogens is 1. The van der Waals surface area contributed by atoms with Crippen molar-refractivity contribution in [2.45, 2.75) is 38.0 Å². The van der Waals surface area contributed by atoms with Gasteiger partial charge in [0.25, 0.3) is 0 Å². The molecule has 1 aromatic carbocycles. The standard InChI is InChI=1S/C28H38ClN3O6/c1-2-37-28(36)32-11-9-23-24-17-20(29)5-8-25(24)30-26(23)27(32)19-3-6-22(7-4-19)38-16-10-21(35)18-31(12-14-33)13-15-34/h3-8,17,21,24-25,27,30,33-35H,2,9-16,18H2,1H3/t21?,24?,25?,27-/m0/s1. The molecule has 9 nitrogen and oxygen atoms in total. The quantitative estimate of drug-likeness (QED) is 0.316. The lowest BCUT2D eigenvalue weighted by atomic mass is 9.85. The lowest BCUT2D eigenvalue weighted by Crippen LogP contribution is -2.42. The third kappa shape index (κ3) is 6.71. The third-order valence-electron chi connectivity index (χ3n) is 7.19. The summed E-state index contributed by atoms with van der Waals surface area (Å²) in [6.07, 6.45) is 6.27. The van der Waals surface area contributed by atoms with Crippen LogP contribution in [0.15, 0.2) is 58.8 Å². The van der Waals surface area contributed by atoms with E-state index in [1.54, 1.807) is 11.8 Å². The van der Waals surface area contributed by atoms with Gasteiger partial charge >= 0.3 is 6.09 Å². The fourth-order valence-corrected chi connectivity index (χ4v) is 5.62. The molecule has 3 aliphatic rings. The molecule has 0 aromatic heterocycles. The van der Waals surface area contributed by atoms with Crippen molar-refractivity contribution in [1.29, 1.82) is 0 Å². The van der Waals surface area contributed by atoms with E-state index in [1.165, 1.54) is 5.57 Å². The number of aliphatic hydroxyl groups excluding tert-OH is 3. The Labute approximate surface area is 229 Å². The Morgan fingerprint density at radius 1 is 1.24 bits per heavy atom. The number of fused-ring (bicyclic) bond motifs is 2. The van der Waals surface area contributed by atoms with Gasteiger partial charge in [-0.25, -0.2) is 4.79 Å². The summed E-state index contributed by atoms with van der Waals surface area (Å²) in [6, 6.07) is 7.50. The van der Waals surface area contributed by atoms with E-state index in [-0.39, 0.29) is 37.3 Å². The first-order chi connectivity index (χ1) is 18.4. The first-order valence-corrected chi connectivity index (χ1v) is 13.7. The van der Waals surface area contributed by atoms with Crippen LogP contribution in [0.2, 0.25) is 0 Å². The van der Waals surface area contributed by atoms with Crippen LogP contribution in [0, 0.1) is 5.92 Å². The van der Waals surface area contributed by atoms with Gasteiger partial charge in [0.2, 0.25) is 0 Å². The number of rotatable bonds is 12. The highest BCUT2D eigenvalue weighted by atomic mass is 35.5. The second-order valence-corrected chi connectivity index (χ2v) is 10.1. The number of ether oxygens (including phenoxy) is 2. The lowest BCUT2D eigenvalue weighted by molar-refractivity contribution is 0.0731.